The molecule has 3 rings (SSSR count). The number of β-lactam (4-membered cyclic amide) rings is 1. The highest BCUT2D eigenvalue weighted by atomic mass is 79.9. The van der Waals surface area contributed by atoms with Crippen LogP contribution in [-0.4, -0.2) is 52.1 Å². The van der Waals surface area contributed by atoms with Gasteiger partial charge in [0.05, 0.1) is 12.9 Å². The minimum absolute atomic E-state index is 0.154. The Bertz CT molecular complexity index is 766. The number of halogens is 1. The van der Waals surface area contributed by atoms with Gasteiger partial charge in [0.1, 0.15) is 17.2 Å². The van der Waals surface area contributed by atoms with Gasteiger partial charge in [0.15, 0.2) is 5.70 Å². The molecule has 1 unspecified atom stereocenters. The minimum Gasteiger partial charge on any atom is -0.498 e. The van der Waals surface area contributed by atoms with Crippen LogP contribution in [-0.2, 0) is 14.3 Å². The molecule has 1 saturated heterocycles. The van der Waals surface area contributed by atoms with Crippen LogP contribution in [0.3, 0.4) is 0 Å². The fourth-order valence-corrected chi connectivity index (χ4v) is 4.31. The second-order valence-electron chi connectivity index (χ2n) is 5.15. The van der Waals surface area contributed by atoms with Crippen LogP contribution < -0.4 is 5.32 Å². The fourth-order valence-electron chi connectivity index (χ4n) is 2.60. The van der Waals surface area contributed by atoms with Crippen LogP contribution >= 0.6 is 27.7 Å². The lowest BCUT2D eigenvalue weighted by atomic mass is 10.0. The first kappa shape index (κ1) is 16.8. The van der Waals surface area contributed by atoms with Gasteiger partial charge in [0.25, 0.3) is 11.8 Å². The van der Waals surface area contributed by atoms with Crippen LogP contribution in [0, 0.1) is 0 Å². The van der Waals surface area contributed by atoms with Crippen LogP contribution in [0.25, 0.3) is 0 Å². The second-order valence-corrected chi connectivity index (χ2v) is 7.17. The monoisotopic (exact) mass is 412 g/mol. The van der Waals surface area contributed by atoms with Gasteiger partial charge in [-0.05, 0) is 18.2 Å². The molecule has 0 aromatic heterocycles. The molecule has 1 fully saturated rings. The Hall–Kier alpha value is -2.00. The molecule has 2 amide bonds. The molecule has 7 nitrogen and oxygen atoms in total. The largest absolute Gasteiger partial charge is 0.498 e. The molecule has 2 aliphatic rings. The van der Waals surface area contributed by atoms with Gasteiger partial charge in [-0.2, -0.15) is 0 Å². The Labute approximate surface area is 150 Å². The number of carbonyl (C=O) groups excluding carboxylic acids is 2. The first-order chi connectivity index (χ1) is 11.4. The van der Waals surface area contributed by atoms with E-state index in [1.54, 1.807) is 24.3 Å². The lowest BCUT2D eigenvalue weighted by Gasteiger charge is -2.48. The number of rotatable bonds is 4. The number of nitrogens with one attached hydrogen (secondary N) is 1. The number of ether oxygens (including phenoxy) is 1. The fraction of sp³-hybridized carbons (Fsp3) is 0.267. The van der Waals surface area contributed by atoms with E-state index in [-0.39, 0.29) is 17.4 Å². The van der Waals surface area contributed by atoms with Crippen molar-refractivity contribution in [3.63, 3.8) is 0 Å². The van der Waals surface area contributed by atoms with Crippen LogP contribution in [0.2, 0.25) is 0 Å². The average Bonchev–Trinajstić information content (AvgIpc) is 2.57. The average molecular weight is 413 g/mol. The van der Waals surface area contributed by atoms with Crippen molar-refractivity contribution >= 4 is 45.5 Å². The minimum atomic E-state index is -1.22. The molecule has 0 aliphatic carbocycles. The topological polar surface area (TPSA) is 95.9 Å². The Kier molecular flexibility index (Phi) is 4.55. The number of carbonyl (C=O) groups is 3. The summed E-state index contributed by atoms with van der Waals surface area (Å²) in [6.45, 7) is 0. The molecule has 0 spiro atoms. The van der Waals surface area contributed by atoms with Crippen molar-refractivity contribution in [3.05, 3.63) is 45.8 Å². The zero-order valence-corrected chi connectivity index (χ0v) is 14.9. The zero-order chi connectivity index (χ0) is 17.4. The molecule has 0 saturated carbocycles. The quantitative estimate of drug-likeness (QED) is 0.725. The number of thioether (sulfide) groups is 1. The van der Waals surface area contributed by atoms with E-state index in [1.165, 1.54) is 23.8 Å². The number of fused-ring (bicyclic) bond motifs is 1. The number of aliphatic carboxylic acids is 1. The molecule has 2 aliphatic heterocycles. The number of carboxylic acid groups (broad SMARTS) is 1. The molecule has 24 heavy (non-hydrogen) atoms. The summed E-state index contributed by atoms with van der Waals surface area (Å²) in [5, 5.41) is 11.6. The summed E-state index contributed by atoms with van der Waals surface area (Å²) >= 11 is 4.64. The molecule has 9 heteroatoms. The van der Waals surface area contributed by atoms with Gasteiger partial charge in [0.2, 0.25) is 0 Å². The summed E-state index contributed by atoms with van der Waals surface area (Å²) in [5.41, 5.74) is 0.266. The molecule has 1 aromatic carbocycles. The van der Waals surface area contributed by atoms with E-state index < -0.39 is 23.3 Å². The maximum Gasteiger partial charge on any atom is 0.356 e. The number of benzene rings is 1. The summed E-state index contributed by atoms with van der Waals surface area (Å²) in [4.78, 5) is 37.2. The third-order valence-corrected chi connectivity index (χ3v) is 5.50. The molecule has 2 atom stereocenters. The Morgan fingerprint density at radius 2 is 2.21 bits per heavy atom. The summed E-state index contributed by atoms with van der Waals surface area (Å²) in [5.74, 6) is -1.48. The second kappa shape index (κ2) is 6.48. The number of hydrogen-bond donors (Lipinski definition) is 2. The molecule has 2 N–H and O–H groups in total. The Morgan fingerprint density at radius 3 is 2.83 bits per heavy atom. The first-order valence-electron chi connectivity index (χ1n) is 6.95. The number of amides is 2. The van der Waals surface area contributed by atoms with Crippen molar-refractivity contribution in [1.29, 1.82) is 0 Å². The van der Waals surface area contributed by atoms with Gasteiger partial charge in [-0.15, -0.1) is 11.8 Å². The number of nitrogens with zero attached hydrogens (tertiary/aromatic N) is 1. The van der Waals surface area contributed by atoms with Gasteiger partial charge in [0, 0.05) is 10.0 Å². The van der Waals surface area contributed by atoms with E-state index in [9.17, 15) is 19.5 Å². The van der Waals surface area contributed by atoms with E-state index in [2.05, 4.69) is 21.2 Å². The number of carboxylic acids is 1. The smallest absolute Gasteiger partial charge is 0.356 e. The van der Waals surface area contributed by atoms with Crippen molar-refractivity contribution in [1.82, 2.24) is 10.2 Å². The number of hydrogen-bond acceptors (Lipinski definition) is 5. The maximum atomic E-state index is 12.3. The normalized spacial score (nSPS) is 22.6. The van der Waals surface area contributed by atoms with Crippen molar-refractivity contribution in [2.24, 2.45) is 0 Å². The van der Waals surface area contributed by atoms with Gasteiger partial charge in [-0.1, -0.05) is 22.0 Å². The Balaban J connectivity index is 1.78. The standard InChI is InChI=1S/C15H13BrN2O5S/c1-23-9-6-24-14-10(13(20)18(14)11(9)15(21)22)17-12(19)7-3-2-4-8(16)5-7/h2-5,10,14H,6H2,1H3,(H,17,19)(H,21,22)/t10?,14-/m1/s1. The molecular formula is C15H13BrN2O5S. The van der Waals surface area contributed by atoms with Crippen molar-refractivity contribution < 1.29 is 24.2 Å². The van der Waals surface area contributed by atoms with E-state index in [4.69, 9.17) is 4.74 Å². The summed E-state index contributed by atoms with van der Waals surface area (Å²) in [6, 6.07) is 6.05. The molecule has 0 radical (unpaired) electrons. The van der Waals surface area contributed by atoms with E-state index in [1.807, 2.05) is 0 Å². The summed E-state index contributed by atoms with van der Waals surface area (Å²) < 4.78 is 5.81. The van der Waals surface area contributed by atoms with Gasteiger partial charge in [-0.25, -0.2) is 4.79 Å². The zero-order valence-electron chi connectivity index (χ0n) is 12.5. The Morgan fingerprint density at radius 1 is 1.46 bits per heavy atom. The lowest BCUT2D eigenvalue weighted by Crippen LogP contribution is -2.70. The summed E-state index contributed by atoms with van der Waals surface area (Å²) in [7, 11) is 1.37. The van der Waals surface area contributed by atoms with Crippen LogP contribution in [0.5, 0.6) is 0 Å². The SMILES string of the molecule is COC1=C(C(=O)O)N2C(=O)C(NC(=O)c3cccc(Br)c3)[C@H]2SC1. The first-order valence-corrected chi connectivity index (χ1v) is 8.79. The van der Waals surface area contributed by atoms with Crippen LogP contribution in [0.15, 0.2) is 40.2 Å². The third kappa shape index (κ3) is 2.78. The number of methoxy groups -OCH3 is 1. The predicted octanol–water partition coefficient (Wildman–Crippen LogP) is 1.41. The maximum absolute atomic E-state index is 12.3. The van der Waals surface area contributed by atoms with Crippen molar-refractivity contribution in [2.75, 3.05) is 12.9 Å². The van der Waals surface area contributed by atoms with E-state index >= 15 is 0 Å². The highest BCUT2D eigenvalue weighted by molar-refractivity contribution is 9.10. The lowest BCUT2D eigenvalue weighted by molar-refractivity contribution is -0.149. The van der Waals surface area contributed by atoms with Crippen LogP contribution in [0.1, 0.15) is 10.4 Å². The molecule has 126 valence electrons. The van der Waals surface area contributed by atoms with Gasteiger partial charge in [-0.3, -0.25) is 14.5 Å². The molecule has 1 aromatic rings. The summed E-state index contributed by atoms with van der Waals surface area (Å²) in [6.07, 6.45) is 0. The van der Waals surface area contributed by atoms with Crippen molar-refractivity contribution in [2.45, 2.75) is 11.4 Å². The predicted molar refractivity (Wildman–Crippen MR) is 90.2 cm³/mol. The van der Waals surface area contributed by atoms with Gasteiger partial charge >= 0.3 is 5.97 Å². The molecular weight excluding hydrogens is 400 g/mol. The molecule has 0 bridgehead atoms. The highest BCUT2D eigenvalue weighted by Gasteiger charge is 2.54. The van der Waals surface area contributed by atoms with E-state index in [0.29, 0.717) is 11.3 Å². The van der Waals surface area contributed by atoms with Crippen molar-refractivity contribution in [3.8, 4) is 0 Å². The molecule has 2 heterocycles. The highest BCUT2D eigenvalue weighted by Crippen LogP contribution is 2.40. The third-order valence-electron chi connectivity index (χ3n) is 3.76. The van der Waals surface area contributed by atoms with E-state index in [0.717, 1.165) is 4.47 Å². The van der Waals surface area contributed by atoms with Gasteiger partial charge < -0.3 is 15.2 Å². The van der Waals surface area contributed by atoms with Crippen LogP contribution in [0.4, 0.5) is 0 Å².